The molecule has 4 aromatic rings. The second-order valence-corrected chi connectivity index (χ2v) is 14.5. The van der Waals surface area contributed by atoms with E-state index in [0.717, 1.165) is 97.0 Å². The van der Waals surface area contributed by atoms with Crippen LogP contribution in [0.25, 0.3) is 22.5 Å². The Bertz CT molecular complexity index is 1870. The molecule has 0 unspecified atom stereocenters. The molecule has 8 nitrogen and oxygen atoms in total. The van der Waals surface area contributed by atoms with Crippen molar-refractivity contribution in [3.63, 3.8) is 0 Å². The summed E-state index contributed by atoms with van der Waals surface area (Å²) >= 11 is 0. The fraction of sp³-hybridized carbons (Fsp3) is 0.450. The van der Waals surface area contributed by atoms with E-state index in [1.165, 1.54) is 11.1 Å². The van der Waals surface area contributed by atoms with Gasteiger partial charge in [-0.3, -0.25) is 9.59 Å². The number of aromatic amines is 2. The van der Waals surface area contributed by atoms with Crippen molar-refractivity contribution >= 4 is 11.8 Å². The minimum Gasteiger partial charge on any atom is -0.340 e. The third-order valence-electron chi connectivity index (χ3n) is 9.89. The molecule has 0 bridgehead atoms. The summed E-state index contributed by atoms with van der Waals surface area (Å²) < 4.78 is 0. The van der Waals surface area contributed by atoms with E-state index in [1.54, 1.807) is 0 Å². The lowest BCUT2D eigenvalue weighted by atomic mass is 9.91. The molecule has 4 heterocycles. The molecule has 2 N–H and O–H groups in total. The van der Waals surface area contributed by atoms with E-state index in [0.29, 0.717) is 24.7 Å². The third kappa shape index (κ3) is 6.56. The van der Waals surface area contributed by atoms with Gasteiger partial charge in [0.15, 0.2) is 0 Å². The number of nitrogens with one attached hydrogen (secondary N) is 2. The highest BCUT2D eigenvalue weighted by molar-refractivity contribution is 5.78. The van der Waals surface area contributed by atoms with Gasteiger partial charge in [-0.15, -0.1) is 0 Å². The van der Waals surface area contributed by atoms with Crippen LogP contribution in [0.2, 0.25) is 0 Å². The van der Waals surface area contributed by atoms with Gasteiger partial charge < -0.3 is 19.8 Å². The van der Waals surface area contributed by atoms with Crippen LogP contribution in [0, 0.1) is 23.7 Å². The quantitative estimate of drug-likeness (QED) is 0.206. The summed E-state index contributed by atoms with van der Waals surface area (Å²) in [6.45, 7) is 9.99. The maximum absolute atomic E-state index is 12.9. The lowest BCUT2D eigenvalue weighted by Crippen LogP contribution is -2.31. The van der Waals surface area contributed by atoms with Crippen molar-refractivity contribution in [3.8, 4) is 34.4 Å². The first-order chi connectivity index (χ1) is 23.2. The molecule has 2 saturated heterocycles. The molecular weight excluding hydrogens is 596 g/mol. The first-order valence-electron chi connectivity index (χ1n) is 17.7. The van der Waals surface area contributed by atoms with E-state index >= 15 is 0 Å². The Morgan fingerprint density at radius 3 is 2.10 bits per heavy atom. The Balaban J connectivity index is 1.03. The number of nitrogens with zero attached hydrogens (tertiary/aromatic N) is 4. The summed E-state index contributed by atoms with van der Waals surface area (Å²) in [5.41, 5.74) is 8.60. The van der Waals surface area contributed by atoms with E-state index in [1.807, 2.05) is 28.1 Å². The molecule has 3 aliphatic rings. The van der Waals surface area contributed by atoms with Crippen molar-refractivity contribution in [2.75, 3.05) is 13.1 Å². The molecule has 2 aromatic heterocycles. The molecule has 2 amide bonds. The van der Waals surface area contributed by atoms with Gasteiger partial charge in [-0.1, -0.05) is 57.7 Å². The lowest BCUT2D eigenvalue weighted by molar-refractivity contribution is -0.133. The van der Waals surface area contributed by atoms with Gasteiger partial charge in [0.2, 0.25) is 11.8 Å². The number of likely N-dealkylation sites (tertiary alicyclic amines) is 2. The number of hydrogen-bond donors (Lipinski definition) is 2. The number of amides is 2. The van der Waals surface area contributed by atoms with Crippen molar-refractivity contribution < 1.29 is 9.59 Å². The van der Waals surface area contributed by atoms with Gasteiger partial charge in [0.25, 0.3) is 0 Å². The van der Waals surface area contributed by atoms with E-state index in [2.05, 4.69) is 84.8 Å². The lowest BCUT2D eigenvalue weighted by Gasteiger charge is -2.24. The number of hydrogen-bond acceptors (Lipinski definition) is 4. The van der Waals surface area contributed by atoms with Crippen LogP contribution >= 0.6 is 0 Å². The van der Waals surface area contributed by atoms with Crippen LogP contribution < -0.4 is 0 Å². The van der Waals surface area contributed by atoms with Crippen molar-refractivity contribution in [1.82, 2.24) is 29.7 Å². The number of rotatable bonds is 7. The zero-order valence-electron chi connectivity index (χ0n) is 28.6. The van der Waals surface area contributed by atoms with Crippen LogP contribution in [0.4, 0.5) is 0 Å². The third-order valence-corrected chi connectivity index (χ3v) is 9.89. The molecule has 2 atom stereocenters. The minimum absolute atomic E-state index is 0.0246. The molecule has 2 aliphatic heterocycles. The van der Waals surface area contributed by atoms with E-state index in [9.17, 15) is 9.59 Å². The Labute approximate surface area is 283 Å². The Kier molecular flexibility index (Phi) is 8.96. The molecule has 0 spiro atoms. The van der Waals surface area contributed by atoms with Crippen LogP contribution in [0.5, 0.6) is 0 Å². The minimum atomic E-state index is 0.0246. The number of aryl methyl sites for hydroxylation is 2. The number of benzene rings is 2. The highest BCUT2D eigenvalue weighted by Gasteiger charge is 2.34. The number of H-pyrrole nitrogens is 2. The van der Waals surface area contributed by atoms with Gasteiger partial charge in [0, 0.05) is 42.6 Å². The van der Waals surface area contributed by atoms with Gasteiger partial charge in [0.1, 0.15) is 11.6 Å². The fourth-order valence-electron chi connectivity index (χ4n) is 7.53. The molecule has 8 heteroatoms. The zero-order chi connectivity index (χ0) is 33.4. The molecule has 1 aliphatic carbocycles. The van der Waals surface area contributed by atoms with Crippen molar-refractivity contribution in [2.24, 2.45) is 11.8 Å². The van der Waals surface area contributed by atoms with Crippen LogP contribution in [-0.2, 0) is 22.4 Å². The average molecular weight is 643 g/mol. The van der Waals surface area contributed by atoms with Gasteiger partial charge in [0.05, 0.1) is 35.4 Å². The summed E-state index contributed by atoms with van der Waals surface area (Å²) in [5.74, 6) is 9.66. The smallest absolute Gasteiger partial charge is 0.223 e. The van der Waals surface area contributed by atoms with Crippen LogP contribution in [0.15, 0.2) is 48.7 Å². The molecule has 48 heavy (non-hydrogen) atoms. The summed E-state index contributed by atoms with van der Waals surface area (Å²) in [5, 5.41) is 0. The molecule has 248 valence electrons. The normalized spacial score (nSPS) is 18.6. The number of carbonyl (C=O) groups excluding carboxylic acids is 2. The number of carbonyl (C=O) groups is 2. The first kappa shape index (κ1) is 31.9. The van der Waals surface area contributed by atoms with Gasteiger partial charge in [-0.2, -0.15) is 0 Å². The first-order valence-corrected chi connectivity index (χ1v) is 17.7. The zero-order valence-corrected chi connectivity index (χ0v) is 28.6. The Morgan fingerprint density at radius 1 is 0.812 bits per heavy atom. The summed E-state index contributed by atoms with van der Waals surface area (Å²) in [6, 6.07) is 14.8. The molecule has 2 aromatic carbocycles. The molecule has 7 rings (SSSR count). The molecule has 2 fully saturated rings. The molecular formula is C40H46N6O2. The standard InChI is InChI=1S/C40H46N6O2/c1-25(2)21-36(47)45-19-5-7-34(45)39-41-24-33(43-39)29-14-11-27(12-15-29)9-10-28-13-17-31-30(23-28)16-18-32-38(31)44-40(42-32)35-8-6-20-46(35)37(48)22-26(3)4/h11-15,17,23-26,34-35H,5-8,16,18-22H2,1-4H3,(H,41,43)(H,42,44)/t34-,35-/m0/s1. The van der Waals surface area contributed by atoms with Gasteiger partial charge >= 0.3 is 0 Å². The largest absolute Gasteiger partial charge is 0.340 e. The van der Waals surface area contributed by atoms with E-state index < -0.39 is 0 Å². The average Bonchev–Trinajstić information content (AvgIpc) is 3.88. The van der Waals surface area contributed by atoms with Crippen molar-refractivity contribution in [3.05, 3.63) is 82.7 Å². The second kappa shape index (κ2) is 13.5. The summed E-state index contributed by atoms with van der Waals surface area (Å²) in [4.78, 5) is 46.5. The Hall–Kier alpha value is -4.64. The Morgan fingerprint density at radius 2 is 1.44 bits per heavy atom. The highest BCUT2D eigenvalue weighted by Crippen LogP contribution is 2.38. The van der Waals surface area contributed by atoms with Crippen molar-refractivity contribution in [1.29, 1.82) is 0 Å². The van der Waals surface area contributed by atoms with Gasteiger partial charge in [-0.05, 0) is 85.8 Å². The van der Waals surface area contributed by atoms with Crippen LogP contribution in [-0.4, -0.2) is 54.6 Å². The van der Waals surface area contributed by atoms with Crippen LogP contribution in [0.3, 0.4) is 0 Å². The number of imidazole rings is 2. The number of aromatic nitrogens is 4. The second-order valence-electron chi connectivity index (χ2n) is 14.5. The van der Waals surface area contributed by atoms with Crippen molar-refractivity contribution in [2.45, 2.75) is 91.1 Å². The van der Waals surface area contributed by atoms with Crippen LogP contribution in [0.1, 0.15) is 112 Å². The number of fused-ring (bicyclic) bond motifs is 3. The highest BCUT2D eigenvalue weighted by atomic mass is 16.2. The van der Waals surface area contributed by atoms with E-state index in [4.69, 9.17) is 4.98 Å². The molecule has 0 radical (unpaired) electrons. The predicted octanol–water partition coefficient (Wildman–Crippen LogP) is 7.38. The maximum Gasteiger partial charge on any atom is 0.223 e. The molecule has 0 saturated carbocycles. The summed E-state index contributed by atoms with van der Waals surface area (Å²) in [7, 11) is 0. The van der Waals surface area contributed by atoms with E-state index in [-0.39, 0.29) is 23.9 Å². The predicted molar refractivity (Wildman–Crippen MR) is 188 cm³/mol. The summed E-state index contributed by atoms with van der Waals surface area (Å²) in [6.07, 6.45) is 8.77. The maximum atomic E-state index is 12.9. The monoisotopic (exact) mass is 642 g/mol. The SMILES string of the molecule is CC(C)CC(=O)N1CCC[C@H]1c1ncc(-c2ccc(C#Cc3ccc4c(c3)CCc3nc([C@@H]5CCCN5C(=O)CC(C)C)[nH]c3-4)cc2)[nH]1. The van der Waals surface area contributed by atoms with Gasteiger partial charge in [-0.25, -0.2) is 9.97 Å². The fourth-order valence-corrected chi connectivity index (χ4v) is 7.53. The topological polar surface area (TPSA) is 98.0 Å².